The number of halogens is 3. The van der Waals surface area contributed by atoms with E-state index in [2.05, 4.69) is 4.98 Å². The molecular formula is C16H10F3NO2. The van der Waals surface area contributed by atoms with Gasteiger partial charge >= 0.3 is 12.1 Å². The van der Waals surface area contributed by atoms with Crippen LogP contribution in [0, 0.1) is 0 Å². The Hall–Kier alpha value is -2.76. The zero-order valence-corrected chi connectivity index (χ0v) is 11.1. The van der Waals surface area contributed by atoms with Crippen LogP contribution >= 0.6 is 0 Å². The van der Waals surface area contributed by atoms with Crippen molar-refractivity contribution in [2.45, 2.75) is 6.18 Å². The van der Waals surface area contributed by atoms with Crippen molar-refractivity contribution in [2.75, 3.05) is 0 Å². The summed E-state index contributed by atoms with van der Waals surface area (Å²) in [4.78, 5) is 14.0. The largest absolute Gasteiger partial charge is 0.478 e. The number of fused-ring (bicyclic) bond motifs is 1. The number of carbonyl (C=O) groups is 1. The van der Waals surface area contributed by atoms with Gasteiger partial charge in [-0.1, -0.05) is 18.2 Å². The Morgan fingerprint density at radius 1 is 1.05 bits per heavy atom. The summed E-state index contributed by atoms with van der Waals surface area (Å²) in [5, 5.41) is 9.58. The topological polar surface area (TPSA) is 53.1 Å². The van der Waals surface area contributed by atoms with Crippen LogP contribution < -0.4 is 0 Å². The smallest absolute Gasteiger partial charge is 0.416 e. The highest BCUT2D eigenvalue weighted by Crippen LogP contribution is 2.33. The normalized spacial score (nSPS) is 11.8. The third kappa shape index (κ3) is 2.43. The predicted octanol–water partition coefficient (Wildman–Crippen LogP) is 4.55. The average Bonchev–Trinajstić information content (AvgIpc) is 2.89. The third-order valence-corrected chi connectivity index (χ3v) is 3.44. The molecule has 3 rings (SSSR count). The highest BCUT2D eigenvalue weighted by Gasteiger charge is 2.30. The molecule has 22 heavy (non-hydrogen) atoms. The number of H-pyrrole nitrogens is 1. The lowest BCUT2D eigenvalue weighted by molar-refractivity contribution is -0.137. The van der Waals surface area contributed by atoms with Crippen LogP contribution in [0.15, 0.2) is 48.7 Å². The Labute approximate surface area is 123 Å². The first-order valence-corrected chi connectivity index (χ1v) is 6.38. The number of benzene rings is 2. The van der Waals surface area contributed by atoms with E-state index in [1.54, 1.807) is 24.3 Å². The fraction of sp³-hybridized carbons (Fsp3) is 0.0625. The number of aromatic nitrogens is 1. The average molecular weight is 305 g/mol. The third-order valence-electron chi connectivity index (χ3n) is 3.44. The summed E-state index contributed by atoms with van der Waals surface area (Å²) in [6.45, 7) is 0. The lowest BCUT2D eigenvalue weighted by atomic mass is 10.0. The van der Waals surface area contributed by atoms with Gasteiger partial charge in [0.25, 0.3) is 0 Å². The molecule has 112 valence electrons. The maximum atomic E-state index is 12.8. The van der Waals surface area contributed by atoms with Crippen molar-refractivity contribution in [3.63, 3.8) is 0 Å². The van der Waals surface area contributed by atoms with Gasteiger partial charge in [0, 0.05) is 17.1 Å². The van der Waals surface area contributed by atoms with E-state index in [4.69, 9.17) is 5.11 Å². The maximum absolute atomic E-state index is 12.8. The molecule has 1 aromatic heterocycles. The van der Waals surface area contributed by atoms with E-state index in [1.165, 1.54) is 12.3 Å². The second-order valence-electron chi connectivity index (χ2n) is 4.85. The van der Waals surface area contributed by atoms with Crippen molar-refractivity contribution in [3.05, 3.63) is 59.8 Å². The first-order chi connectivity index (χ1) is 10.4. The fourth-order valence-electron chi connectivity index (χ4n) is 2.35. The van der Waals surface area contributed by atoms with Gasteiger partial charge in [0.2, 0.25) is 0 Å². The maximum Gasteiger partial charge on any atom is 0.416 e. The van der Waals surface area contributed by atoms with Crippen LogP contribution in [0.1, 0.15) is 15.9 Å². The molecule has 0 spiro atoms. The lowest BCUT2D eigenvalue weighted by Gasteiger charge is -2.09. The van der Waals surface area contributed by atoms with E-state index >= 15 is 0 Å². The second kappa shape index (κ2) is 4.91. The van der Waals surface area contributed by atoms with Crippen molar-refractivity contribution in [1.29, 1.82) is 0 Å². The summed E-state index contributed by atoms with van der Waals surface area (Å²) in [7, 11) is 0. The van der Waals surface area contributed by atoms with Crippen LogP contribution in [0.2, 0.25) is 0 Å². The van der Waals surface area contributed by atoms with E-state index in [0.29, 0.717) is 22.0 Å². The van der Waals surface area contributed by atoms with Crippen LogP contribution in [0.25, 0.3) is 22.0 Å². The molecule has 0 radical (unpaired) electrons. The van der Waals surface area contributed by atoms with Crippen LogP contribution in [-0.4, -0.2) is 16.1 Å². The number of aromatic carboxylic acids is 1. The molecule has 1 heterocycles. The fourth-order valence-corrected chi connectivity index (χ4v) is 2.35. The first kappa shape index (κ1) is 14.2. The Kier molecular flexibility index (Phi) is 3.16. The number of carboxylic acid groups (broad SMARTS) is 1. The summed E-state index contributed by atoms with van der Waals surface area (Å²) < 4.78 is 38.3. The Balaban J connectivity index is 2.14. The molecule has 0 bridgehead atoms. The van der Waals surface area contributed by atoms with E-state index in [9.17, 15) is 18.0 Å². The number of hydrogen-bond donors (Lipinski definition) is 2. The molecule has 0 saturated carbocycles. The van der Waals surface area contributed by atoms with Gasteiger partial charge in [-0.15, -0.1) is 0 Å². The number of carboxylic acids is 1. The summed E-state index contributed by atoms with van der Waals surface area (Å²) >= 11 is 0. The Morgan fingerprint density at radius 2 is 1.77 bits per heavy atom. The predicted molar refractivity (Wildman–Crippen MR) is 75.7 cm³/mol. The molecule has 0 atom stereocenters. The number of aromatic amines is 1. The number of hydrogen-bond acceptors (Lipinski definition) is 1. The summed E-state index contributed by atoms with van der Waals surface area (Å²) in [5.41, 5.74) is 0.879. The van der Waals surface area contributed by atoms with Gasteiger partial charge in [0.1, 0.15) is 0 Å². The van der Waals surface area contributed by atoms with Gasteiger partial charge in [-0.3, -0.25) is 0 Å². The zero-order chi connectivity index (χ0) is 15.9. The molecule has 0 unspecified atom stereocenters. The number of rotatable bonds is 2. The van der Waals surface area contributed by atoms with Gasteiger partial charge in [-0.05, 0) is 35.4 Å². The molecule has 3 nitrogen and oxygen atoms in total. The van der Waals surface area contributed by atoms with Gasteiger partial charge in [-0.25, -0.2) is 4.79 Å². The van der Waals surface area contributed by atoms with Crippen LogP contribution in [-0.2, 0) is 6.18 Å². The summed E-state index contributed by atoms with van der Waals surface area (Å²) in [5.74, 6) is -1.09. The summed E-state index contributed by atoms with van der Waals surface area (Å²) in [6.07, 6.45) is -3.05. The van der Waals surface area contributed by atoms with E-state index < -0.39 is 17.7 Å². The molecule has 3 aromatic rings. The van der Waals surface area contributed by atoms with Crippen molar-refractivity contribution < 1.29 is 23.1 Å². The summed E-state index contributed by atoms with van der Waals surface area (Å²) in [6, 6.07) is 9.82. The zero-order valence-electron chi connectivity index (χ0n) is 11.1. The van der Waals surface area contributed by atoms with Crippen molar-refractivity contribution in [3.8, 4) is 11.1 Å². The van der Waals surface area contributed by atoms with Gasteiger partial charge < -0.3 is 10.1 Å². The SMILES string of the molecule is O=C(O)c1c[nH]c2ccc(-c3cccc(C(F)(F)F)c3)cc12. The molecular weight excluding hydrogens is 295 g/mol. The van der Waals surface area contributed by atoms with E-state index in [1.807, 2.05) is 0 Å². The van der Waals surface area contributed by atoms with Gasteiger partial charge in [0.05, 0.1) is 11.1 Å². The molecule has 0 aliphatic rings. The molecule has 0 amide bonds. The quantitative estimate of drug-likeness (QED) is 0.729. The lowest BCUT2D eigenvalue weighted by Crippen LogP contribution is -2.04. The van der Waals surface area contributed by atoms with Crippen molar-refractivity contribution in [2.24, 2.45) is 0 Å². The number of nitrogens with one attached hydrogen (secondary N) is 1. The van der Waals surface area contributed by atoms with Crippen molar-refractivity contribution >= 4 is 16.9 Å². The van der Waals surface area contributed by atoms with Crippen LogP contribution in [0.4, 0.5) is 13.2 Å². The molecule has 0 aliphatic heterocycles. The molecule has 2 aromatic carbocycles. The number of alkyl halides is 3. The van der Waals surface area contributed by atoms with E-state index in [0.717, 1.165) is 12.1 Å². The highest BCUT2D eigenvalue weighted by molar-refractivity contribution is 6.04. The van der Waals surface area contributed by atoms with Gasteiger partial charge in [0.15, 0.2) is 0 Å². The molecule has 0 fully saturated rings. The van der Waals surface area contributed by atoms with Crippen molar-refractivity contribution in [1.82, 2.24) is 4.98 Å². The standard InChI is InChI=1S/C16H10F3NO2/c17-16(18,19)11-3-1-2-9(6-11)10-4-5-14-12(7-10)13(8-20-14)15(21)22/h1-8,20H,(H,21,22). The first-order valence-electron chi connectivity index (χ1n) is 6.38. The highest BCUT2D eigenvalue weighted by atomic mass is 19.4. The monoisotopic (exact) mass is 305 g/mol. The Morgan fingerprint density at radius 3 is 2.45 bits per heavy atom. The molecule has 0 saturated heterocycles. The second-order valence-corrected chi connectivity index (χ2v) is 4.85. The Bertz CT molecular complexity index is 865. The van der Waals surface area contributed by atoms with Gasteiger partial charge in [-0.2, -0.15) is 13.2 Å². The van der Waals surface area contributed by atoms with Crippen LogP contribution in [0.5, 0.6) is 0 Å². The minimum Gasteiger partial charge on any atom is -0.478 e. The molecule has 0 aliphatic carbocycles. The van der Waals surface area contributed by atoms with E-state index in [-0.39, 0.29) is 5.56 Å². The van der Waals surface area contributed by atoms with Crippen LogP contribution in [0.3, 0.4) is 0 Å². The minimum atomic E-state index is -4.42. The minimum absolute atomic E-state index is 0.0869. The molecule has 6 heteroatoms. The molecule has 2 N–H and O–H groups in total.